The van der Waals surface area contributed by atoms with Crippen LogP contribution in [0.2, 0.25) is 5.15 Å². The molecule has 12 heavy (non-hydrogen) atoms. The minimum atomic E-state index is 0.456. The van der Waals surface area contributed by atoms with Crippen LogP contribution >= 0.6 is 23.2 Å². The summed E-state index contributed by atoms with van der Waals surface area (Å²) in [5, 5.41) is 0.608. The van der Waals surface area contributed by atoms with Gasteiger partial charge in [-0.15, -0.1) is 11.6 Å². The van der Waals surface area contributed by atoms with Crippen molar-refractivity contribution in [2.24, 2.45) is 0 Å². The van der Waals surface area contributed by atoms with Gasteiger partial charge < -0.3 is 0 Å². The van der Waals surface area contributed by atoms with Crippen LogP contribution in [-0.4, -0.2) is 9.38 Å². The fourth-order valence-electron chi connectivity index (χ4n) is 1.14. The van der Waals surface area contributed by atoms with Gasteiger partial charge in [0, 0.05) is 11.8 Å². The van der Waals surface area contributed by atoms with Gasteiger partial charge in [0.1, 0.15) is 10.8 Å². The van der Waals surface area contributed by atoms with E-state index in [-0.39, 0.29) is 0 Å². The Balaban J connectivity index is 2.81. The van der Waals surface area contributed by atoms with Crippen LogP contribution in [0.4, 0.5) is 0 Å². The van der Waals surface area contributed by atoms with E-state index < -0.39 is 0 Å². The van der Waals surface area contributed by atoms with E-state index >= 15 is 0 Å². The fourth-order valence-corrected chi connectivity index (χ4v) is 1.54. The summed E-state index contributed by atoms with van der Waals surface area (Å²) in [6.45, 7) is 0. The molecule has 0 fully saturated rings. The largest absolute Gasteiger partial charge is 0.290 e. The van der Waals surface area contributed by atoms with Gasteiger partial charge in [-0.05, 0) is 6.07 Å². The Morgan fingerprint density at radius 3 is 3.08 bits per heavy atom. The normalized spacial score (nSPS) is 10.8. The van der Waals surface area contributed by atoms with E-state index in [1.54, 1.807) is 10.6 Å². The third-order valence-corrected chi connectivity index (χ3v) is 2.28. The monoisotopic (exact) mass is 200 g/mol. The van der Waals surface area contributed by atoms with E-state index in [2.05, 4.69) is 4.98 Å². The van der Waals surface area contributed by atoms with Gasteiger partial charge in [0.2, 0.25) is 0 Å². The molecule has 0 saturated carbocycles. The third kappa shape index (κ3) is 1.08. The lowest BCUT2D eigenvalue weighted by atomic mass is 10.3. The summed E-state index contributed by atoms with van der Waals surface area (Å²) in [4.78, 5) is 4.14. The summed E-state index contributed by atoms with van der Waals surface area (Å²) in [6.07, 6.45) is 3.48. The van der Waals surface area contributed by atoms with Crippen molar-refractivity contribution < 1.29 is 0 Å². The van der Waals surface area contributed by atoms with Crippen LogP contribution in [0.25, 0.3) is 5.65 Å². The van der Waals surface area contributed by atoms with Crippen molar-refractivity contribution in [2.75, 3.05) is 0 Å². The minimum Gasteiger partial charge on any atom is -0.290 e. The first-order chi connectivity index (χ1) is 5.83. The van der Waals surface area contributed by atoms with Crippen molar-refractivity contribution >= 4 is 28.8 Å². The molecule has 0 radical (unpaired) electrons. The second-order valence-electron chi connectivity index (χ2n) is 2.44. The second-order valence-corrected chi connectivity index (χ2v) is 3.10. The lowest BCUT2D eigenvalue weighted by Crippen LogP contribution is -1.88. The van der Waals surface area contributed by atoms with Gasteiger partial charge in [0.15, 0.2) is 0 Å². The van der Waals surface area contributed by atoms with Crippen LogP contribution in [0.15, 0.2) is 24.5 Å². The molecule has 0 aliphatic rings. The number of pyridine rings is 1. The Morgan fingerprint density at radius 1 is 1.50 bits per heavy atom. The number of nitrogens with zero attached hydrogens (tertiary/aromatic N) is 2. The molecule has 0 spiro atoms. The average molecular weight is 201 g/mol. The van der Waals surface area contributed by atoms with E-state index in [0.717, 1.165) is 11.2 Å². The number of rotatable bonds is 1. The molecule has 0 bridgehead atoms. The molecule has 0 N–H and O–H groups in total. The van der Waals surface area contributed by atoms with Gasteiger partial charge >= 0.3 is 0 Å². The molecule has 4 heteroatoms. The smallest absolute Gasteiger partial charge is 0.142 e. The topological polar surface area (TPSA) is 17.3 Å². The van der Waals surface area contributed by atoms with Crippen LogP contribution < -0.4 is 0 Å². The Morgan fingerprint density at radius 2 is 2.33 bits per heavy atom. The molecule has 2 nitrogen and oxygen atoms in total. The minimum absolute atomic E-state index is 0.456. The molecular weight excluding hydrogens is 195 g/mol. The number of imidazole rings is 1. The molecule has 62 valence electrons. The predicted octanol–water partition coefficient (Wildman–Crippen LogP) is 2.73. The van der Waals surface area contributed by atoms with Crippen molar-refractivity contribution in [1.82, 2.24) is 9.38 Å². The Bertz CT molecular complexity index is 408. The number of fused-ring (bicyclic) bond motifs is 1. The van der Waals surface area contributed by atoms with Crippen molar-refractivity contribution in [3.8, 4) is 0 Å². The van der Waals surface area contributed by atoms with Crippen LogP contribution in [0.3, 0.4) is 0 Å². The van der Waals surface area contributed by atoms with E-state index in [4.69, 9.17) is 23.2 Å². The summed E-state index contributed by atoms with van der Waals surface area (Å²) >= 11 is 11.6. The van der Waals surface area contributed by atoms with Gasteiger partial charge in [-0.3, -0.25) is 4.40 Å². The molecule has 0 atom stereocenters. The van der Waals surface area contributed by atoms with Gasteiger partial charge in [-0.1, -0.05) is 17.7 Å². The highest BCUT2D eigenvalue weighted by molar-refractivity contribution is 6.29. The number of hydrogen-bond donors (Lipinski definition) is 0. The zero-order valence-corrected chi connectivity index (χ0v) is 7.68. The second kappa shape index (κ2) is 2.96. The van der Waals surface area contributed by atoms with E-state index in [9.17, 15) is 0 Å². The molecule has 2 aromatic rings. The molecule has 0 unspecified atom stereocenters. The first-order valence-electron chi connectivity index (χ1n) is 3.49. The summed E-state index contributed by atoms with van der Waals surface area (Å²) in [6, 6.07) is 3.84. The molecule has 2 heterocycles. The SMILES string of the molecule is ClCc1cccn2c(Cl)cnc12. The highest BCUT2D eigenvalue weighted by Gasteiger charge is 2.03. The molecule has 0 aliphatic heterocycles. The van der Waals surface area contributed by atoms with E-state index in [1.165, 1.54) is 0 Å². The summed E-state index contributed by atoms with van der Waals surface area (Å²) in [7, 11) is 0. The van der Waals surface area contributed by atoms with Gasteiger partial charge in [-0.2, -0.15) is 0 Å². The number of halogens is 2. The Labute approximate surface area is 79.7 Å². The number of alkyl halides is 1. The molecule has 0 aliphatic carbocycles. The van der Waals surface area contributed by atoms with E-state index in [1.807, 2.05) is 18.3 Å². The van der Waals surface area contributed by atoms with Crippen molar-refractivity contribution in [3.05, 3.63) is 35.2 Å². The lowest BCUT2D eigenvalue weighted by Gasteiger charge is -1.98. The number of hydrogen-bond acceptors (Lipinski definition) is 1. The zero-order valence-electron chi connectivity index (χ0n) is 6.17. The summed E-state index contributed by atoms with van der Waals surface area (Å²) in [5.41, 5.74) is 1.82. The highest BCUT2D eigenvalue weighted by atomic mass is 35.5. The Kier molecular flexibility index (Phi) is 1.95. The quantitative estimate of drug-likeness (QED) is 0.648. The van der Waals surface area contributed by atoms with Gasteiger partial charge in [0.05, 0.1) is 12.1 Å². The lowest BCUT2D eigenvalue weighted by molar-refractivity contribution is 1.16. The van der Waals surface area contributed by atoms with Gasteiger partial charge in [0.25, 0.3) is 0 Å². The zero-order chi connectivity index (χ0) is 8.55. The van der Waals surface area contributed by atoms with Crippen LogP contribution in [0.1, 0.15) is 5.56 Å². The number of aromatic nitrogens is 2. The molecule has 0 saturated heterocycles. The molecular formula is C8H6Cl2N2. The van der Waals surface area contributed by atoms with Crippen molar-refractivity contribution in [3.63, 3.8) is 0 Å². The molecule has 0 amide bonds. The maximum atomic E-state index is 5.86. The summed E-state index contributed by atoms with van der Waals surface area (Å²) in [5.74, 6) is 0.456. The van der Waals surface area contributed by atoms with Gasteiger partial charge in [-0.25, -0.2) is 4.98 Å². The first kappa shape index (κ1) is 7.90. The molecule has 2 rings (SSSR count). The maximum Gasteiger partial charge on any atom is 0.142 e. The standard InChI is InChI=1S/C8H6Cl2N2/c9-4-6-2-1-3-12-7(10)5-11-8(6)12/h1-3,5H,4H2. The molecule has 0 aromatic carbocycles. The third-order valence-electron chi connectivity index (χ3n) is 1.72. The highest BCUT2D eigenvalue weighted by Crippen LogP contribution is 2.16. The van der Waals surface area contributed by atoms with Crippen molar-refractivity contribution in [2.45, 2.75) is 5.88 Å². The van der Waals surface area contributed by atoms with Crippen LogP contribution in [-0.2, 0) is 5.88 Å². The first-order valence-corrected chi connectivity index (χ1v) is 4.40. The predicted molar refractivity (Wildman–Crippen MR) is 49.8 cm³/mol. The van der Waals surface area contributed by atoms with Crippen molar-refractivity contribution in [1.29, 1.82) is 0 Å². The van der Waals surface area contributed by atoms with E-state index in [0.29, 0.717) is 11.0 Å². The maximum absolute atomic E-state index is 5.86. The molecule has 2 aromatic heterocycles. The van der Waals surface area contributed by atoms with Crippen LogP contribution in [0, 0.1) is 0 Å². The Hall–Kier alpha value is -0.730. The summed E-state index contributed by atoms with van der Waals surface area (Å²) < 4.78 is 1.80. The average Bonchev–Trinajstić information content (AvgIpc) is 2.48. The van der Waals surface area contributed by atoms with Crippen LogP contribution in [0.5, 0.6) is 0 Å². The fraction of sp³-hybridized carbons (Fsp3) is 0.125.